The normalized spacial score (nSPS) is 17.3. The van der Waals surface area contributed by atoms with Crippen molar-refractivity contribution in [2.45, 2.75) is 6.54 Å². The second-order valence-electron chi connectivity index (χ2n) is 5.91. The molecule has 1 saturated heterocycles. The fraction of sp³-hybridized carbons (Fsp3) is 0.0476. The first-order valence-electron chi connectivity index (χ1n) is 8.59. The van der Waals surface area contributed by atoms with E-state index in [1.807, 2.05) is 48.5 Å². The highest BCUT2D eigenvalue weighted by Crippen LogP contribution is 2.33. The number of carbonyl (C=O) groups is 1. The summed E-state index contributed by atoms with van der Waals surface area (Å²) in [5.74, 6) is 0.537. The van der Waals surface area contributed by atoms with Crippen LogP contribution in [0.15, 0.2) is 92.8 Å². The van der Waals surface area contributed by atoms with Crippen LogP contribution in [0.3, 0.4) is 0 Å². The Morgan fingerprint density at radius 2 is 1.93 bits per heavy atom. The van der Waals surface area contributed by atoms with Gasteiger partial charge in [0.15, 0.2) is 5.17 Å². The van der Waals surface area contributed by atoms with Gasteiger partial charge in [-0.2, -0.15) is 5.10 Å². The number of thioether (sulfide) groups is 1. The van der Waals surface area contributed by atoms with Crippen molar-refractivity contribution >= 4 is 35.1 Å². The number of hydrogen-bond acceptors (Lipinski definition) is 6. The van der Waals surface area contributed by atoms with Gasteiger partial charge in [0, 0.05) is 12.4 Å². The van der Waals surface area contributed by atoms with Crippen molar-refractivity contribution in [3.05, 3.63) is 95.0 Å². The van der Waals surface area contributed by atoms with Crippen LogP contribution < -0.4 is 0 Å². The predicted molar refractivity (Wildman–Crippen MR) is 111 cm³/mol. The highest BCUT2D eigenvalue weighted by atomic mass is 32.2. The molecule has 0 saturated carbocycles. The van der Waals surface area contributed by atoms with Gasteiger partial charge in [0.05, 0.1) is 23.9 Å². The molecule has 1 aliphatic heterocycles. The van der Waals surface area contributed by atoms with Gasteiger partial charge in [-0.25, -0.2) is 0 Å². The Bertz CT molecular complexity index is 1030. The Hall–Kier alpha value is -3.45. The van der Waals surface area contributed by atoms with Crippen LogP contribution in [0.5, 0.6) is 0 Å². The highest BCUT2D eigenvalue weighted by Gasteiger charge is 2.34. The van der Waals surface area contributed by atoms with E-state index in [0.29, 0.717) is 22.4 Å². The van der Waals surface area contributed by atoms with E-state index < -0.39 is 0 Å². The fourth-order valence-corrected chi connectivity index (χ4v) is 3.51. The Morgan fingerprint density at radius 3 is 2.68 bits per heavy atom. The van der Waals surface area contributed by atoms with Gasteiger partial charge in [0.1, 0.15) is 5.76 Å². The highest BCUT2D eigenvalue weighted by molar-refractivity contribution is 8.18. The third kappa shape index (κ3) is 4.27. The molecule has 1 aromatic carbocycles. The molecule has 0 bridgehead atoms. The van der Waals surface area contributed by atoms with Crippen molar-refractivity contribution in [1.29, 1.82) is 0 Å². The van der Waals surface area contributed by atoms with E-state index in [-0.39, 0.29) is 5.91 Å². The molecule has 0 atom stereocenters. The molecule has 6 nitrogen and oxygen atoms in total. The second kappa shape index (κ2) is 8.49. The molecular weight excluding hydrogens is 372 g/mol. The summed E-state index contributed by atoms with van der Waals surface area (Å²) in [4.78, 5) is 19.1. The predicted octanol–water partition coefficient (Wildman–Crippen LogP) is 4.18. The lowest BCUT2D eigenvalue weighted by molar-refractivity contribution is -0.122. The quantitative estimate of drug-likeness (QED) is 0.373. The summed E-state index contributed by atoms with van der Waals surface area (Å²) in [6.07, 6.45) is 8.45. The van der Waals surface area contributed by atoms with Crippen LogP contribution in [0.2, 0.25) is 0 Å². The van der Waals surface area contributed by atoms with Gasteiger partial charge < -0.3 is 4.42 Å². The van der Waals surface area contributed by atoms with E-state index in [1.165, 1.54) is 11.8 Å². The third-order valence-corrected chi connectivity index (χ3v) is 4.91. The summed E-state index contributed by atoms with van der Waals surface area (Å²) in [5, 5.41) is 8.94. The molecule has 1 fully saturated rings. The first kappa shape index (κ1) is 17.9. The van der Waals surface area contributed by atoms with Crippen LogP contribution >= 0.6 is 11.8 Å². The van der Waals surface area contributed by atoms with E-state index in [0.717, 1.165) is 11.1 Å². The number of hydrogen-bond donors (Lipinski definition) is 0. The zero-order valence-electron chi connectivity index (χ0n) is 14.8. The number of benzene rings is 1. The molecule has 4 rings (SSSR count). The fourth-order valence-electron chi connectivity index (χ4n) is 2.58. The molecule has 1 amide bonds. The van der Waals surface area contributed by atoms with Gasteiger partial charge in [-0.05, 0) is 47.2 Å². The maximum absolute atomic E-state index is 12.9. The number of aromatic nitrogens is 1. The monoisotopic (exact) mass is 388 g/mol. The van der Waals surface area contributed by atoms with Gasteiger partial charge >= 0.3 is 0 Å². The van der Waals surface area contributed by atoms with Gasteiger partial charge in [-0.3, -0.25) is 14.7 Å². The number of amidine groups is 1. The Balaban J connectivity index is 1.61. The van der Waals surface area contributed by atoms with E-state index in [4.69, 9.17) is 4.42 Å². The van der Waals surface area contributed by atoms with Crippen molar-refractivity contribution in [3.63, 3.8) is 0 Å². The number of carbonyl (C=O) groups excluding carboxylic acids is 1. The smallest absolute Gasteiger partial charge is 0.267 e. The Labute approximate surface area is 166 Å². The van der Waals surface area contributed by atoms with Crippen LogP contribution in [-0.4, -0.2) is 27.2 Å². The summed E-state index contributed by atoms with van der Waals surface area (Å²) in [7, 11) is 0. The summed E-state index contributed by atoms with van der Waals surface area (Å²) < 4.78 is 5.39. The lowest BCUT2D eigenvalue weighted by atomic mass is 10.2. The molecule has 0 aliphatic carbocycles. The zero-order valence-corrected chi connectivity index (χ0v) is 15.6. The molecule has 7 heteroatoms. The average Bonchev–Trinajstić information content (AvgIpc) is 3.34. The van der Waals surface area contributed by atoms with Gasteiger partial charge in [-0.1, -0.05) is 36.4 Å². The minimum atomic E-state index is -0.140. The van der Waals surface area contributed by atoms with Gasteiger partial charge in [0.2, 0.25) is 0 Å². The second-order valence-corrected chi connectivity index (χ2v) is 6.91. The molecule has 0 unspecified atom stereocenters. The molecule has 3 heterocycles. The Morgan fingerprint density at radius 1 is 1.07 bits per heavy atom. The SMILES string of the molecule is O=C1/C(=C/c2cccnc2)S/C(=N/N=C\c2ccccc2)N1Cc1ccco1. The molecule has 1 aliphatic rings. The zero-order chi connectivity index (χ0) is 19.2. The molecule has 0 radical (unpaired) electrons. The summed E-state index contributed by atoms with van der Waals surface area (Å²) in [6, 6.07) is 17.0. The molecule has 0 N–H and O–H groups in total. The van der Waals surface area contributed by atoms with E-state index in [1.54, 1.807) is 41.9 Å². The van der Waals surface area contributed by atoms with Crippen LogP contribution in [0, 0.1) is 0 Å². The van der Waals surface area contributed by atoms with Crippen molar-refractivity contribution in [1.82, 2.24) is 9.88 Å². The molecule has 28 heavy (non-hydrogen) atoms. The van der Waals surface area contributed by atoms with Crippen molar-refractivity contribution in [3.8, 4) is 0 Å². The number of nitrogens with zero attached hydrogens (tertiary/aromatic N) is 4. The van der Waals surface area contributed by atoms with E-state index in [9.17, 15) is 4.79 Å². The van der Waals surface area contributed by atoms with Crippen LogP contribution in [0.4, 0.5) is 0 Å². The molecule has 2 aromatic heterocycles. The maximum atomic E-state index is 12.9. The number of pyridine rings is 1. The van der Waals surface area contributed by atoms with E-state index in [2.05, 4.69) is 15.2 Å². The van der Waals surface area contributed by atoms with Gasteiger partial charge in [-0.15, -0.1) is 5.10 Å². The van der Waals surface area contributed by atoms with Crippen LogP contribution in [0.1, 0.15) is 16.9 Å². The average molecular weight is 388 g/mol. The summed E-state index contributed by atoms with van der Waals surface area (Å²) >= 11 is 1.28. The maximum Gasteiger partial charge on any atom is 0.267 e. The summed E-state index contributed by atoms with van der Waals surface area (Å²) in [6.45, 7) is 0.295. The molecule has 0 spiro atoms. The molecule has 138 valence electrons. The minimum absolute atomic E-state index is 0.140. The largest absolute Gasteiger partial charge is 0.467 e. The van der Waals surface area contributed by atoms with Crippen molar-refractivity contribution in [2.24, 2.45) is 10.2 Å². The molecule has 3 aromatic rings. The minimum Gasteiger partial charge on any atom is -0.467 e. The lowest BCUT2D eigenvalue weighted by Gasteiger charge is -2.12. The summed E-state index contributed by atoms with van der Waals surface area (Å²) in [5.41, 5.74) is 1.79. The van der Waals surface area contributed by atoms with E-state index >= 15 is 0 Å². The Kier molecular flexibility index (Phi) is 5.44. The van der Waals surface area contributed by atoms with Crippen molar-refractivity contribution in [2.75, 3.05) is 0 Å². The standard InChI is InChI=1S/C21H16N4O2S/c26-20-19(12-17-8-4-10-22-13-17)28-21(25(20)15-18-9-5-11-27-18)24-23-14-16-6-2-1-3-7-16/h1-14H,15H2/b19-12-,23-14-,24-21+. The number of amides is 1. The lowest BCUT2D eigenvalue weighted by Crippen LogP contribution is -2.28. The number of furan rings is 1. The molecular formula is C21H16N4O2S. The first-order chi connectivity index (χ1) is 13.8. The van der Waals surface area contributed by atoms with Crippen molar-refractivity contribution < 1.29 is 9.21 Å². The number of rotatable bonds is 5. The van der Waals surface area contributed by atoms with Gasteiger partial charge in [0.25, 0.3) is 5.91 Å². The topological polar surface area (TPSA) is 71.1 Å². The first-order valence-corrected chi connectivity index (χ1v) is 9.41. The third-order valence-electron chi connectivity index (χ3n) is 3.91. The van der Waals surface area contributed by atoms with Crippen LogP contribution in [-0.2, 0) is 11.3 Å². The van der Waals surface area contributed by atoms with Crippen LogP contribution in [0.25, 0.3) is 6.08 Å².